The molecule has 0 aliphatic carbocycles. The molecular weight excluding hydrogens is 232 g/mol. The van der Waals surface area contributed by atoms with E-state index in [1.54, 1.807) is 12.1 Å². The normalized spacial score (nSPS) is 13.7. The summed E-state index contributed by atoms with van der Waals surface area (Å²) < 4.78 is 16.6. The van der Waals surface area contributed by atoms with Crippen LogP contribution < -0.4 is 19.9 Å². The van der Waals surface area contributed by atoms with Crippen molar-refractivity contribution in [3.63, 3.8) is 0 Å². The molecule has 18 heavy (non-hydrogen) atoms. The van der Waals surface area contributed by atoms with Crippen LogP contribution in [0.5, 0.6) is 17.2 Å². The van der Waals surface area contributed by atoms with E-state index in [1.165, 1.54) is 0 Å². The Morgan fingerprint density at radius 1 is 1.22 bits per heavy atom. The van der Waals surface area contributed by atoms with Crippen molar-refractivity contribution in [2.45, 2.75) is 6.42 Å². The molecule has 1 heterocycles. The predicted octanol–water partition coefficient (Wildman–Crippen LogP) is 1.37. The van der Waals surface area contributed by atoms with Crippen molar-refractivity contribution >= 4 is 5.69 Å². The van der Waals surface area contributed by atoms with Gasteiger partial charge in [0.05, 0.1) is 12.3 Å². The van der Waals surface area contributed by atoms with E-state index >= 15 is 0 Å². The van der Waals surface area contributed by atoms with Crippen LogP contribution in [0, 0.1) is 0 Å². The van der Waals surface area contributed by atoms with Gasteiger partial charge in [-0.3, -0.25) is 0 Å². The van der Waals surface area contributed by atoms with Crippen LogP contribution in [0.15, 0.2) is 12.1 Å². The quantitative estimate of drug-likeness (QED) is 0.633. The first kappa shape index (κ1) is 12.8. The first-order chi connectivity index (χ1) is 8.66. The maximum absolute atomic E-state index is 5.92. The van der Waals surface area contributed by atoms with Gasteiger partial charge in [0, 0.05) is 18.7 Å². The Bertz CT molecular complexity index is 407. The van der Waals surface area contributed by atoms with Crippen LogP contribution in [-0.4, -0.2) is 45.4 Å². The average Bonchev–Trinajstić information content (AvgIpc) is 2.34. The Hall–Kier alpha value is -1.62. The van der Waals surface area contributed by atoms with Gasteiger partial charge in [0.25, 0.3) is 0 Å². The van der Waals surface area contributed by atoms with E-state index in [4.69, 9.17) is 19.9 Å². The molecule has 1 aromatic carbocycles. The Labute approximate surface area is 107 Å². The molecule has 2 N–H and O–H groups in total. The van der Waals surface area contributed by atoms with Gasteiger partial charge in [-0.15, -0.1) is 0 Å². The second-order valence-corrected chi connectivity index (χ2v) is 4.54. The lowest BCUT2D eigenvalue weighted by atomic mass is 10.2. The van der Waals surface area contributed by atoms with Crippen LogP contribution in [0.3, 0.4) is 0 Å². The van der Waals surface area contributed by atoms with E-state index in [0.29, 0.717) is 42.8 Å². The molecule has 0 saturated heterocycles. The van der Waals surface area contributed by atoms with Gasteiger partial charge in [-0.1, -0.05) is 0 Å². The molecule has 0 amide bonds. The number of anilines is 1. The van der Waals surface area contributed by atoms with Gasteiger partial charge in [-0.2, -0.15) is 0 Å². The fourth-order valence-corrected chi connectivity index (χ4v) is 1.77. The van der Waals surface area contributed by atoms with Crippen LogP contribution >= 0.6 is 0 Å². The fraction of sp³-hybridized carbons (Fsp3) is 0.538. The second-order valence-electron chi connectivity index (χ2n) is 4.54. The zero-order chi connectivity index (χ0) is 13.0. The van der Waals surface area contributed by atoms with E-state index < -0.39 is 0 Å². The Morgan fingerprint density at radius 2 is 1.89 bits per heavy atom. The highest BCUT2D eigenvalue weighted by Gasteiger charge is 2.15. The maximum Gasteiger partial charge on any atom is 0.165 e. The first-order valence-corrected chi connectivity index (χ1v) is 6.13. The standard InChI is InChI=1S/C13H20N2O3/c1-15(2)4-3-5-16-11-9-13-12(8-10(11)14)17-6-7-18-13/h8-9H,3-7,14H2,1-2H3. The van der Waals surface area contributed by atoms with E-state index in [0.717, 1.165) is 13.0 Å². The zero-order valence-electron chi connectivity index (χ0n) is 10.9. The summed E-state index contributed by atoms with van der Waals surface area (Å²) in [6, 6.07) is 3.56. The van der Waals surface area contributed by atoms with Gasteiger partial charge < -0.3 is 24.8 Å². The number of nitrogens with two attached hydrogens (primary N) is 1. The first-order valence-electron chi connectivity index (χ1n) is 6.13. The van der Waals surface area contributed by atoms with Gasteiger partial charge in [-0.25, -0.2) is 0 Å². The molecule has 5 nitrogen and oxygen atoms in total. The van der Waals surface area contributed by atoms with Gasteiger partial charge in [-0.05, 0) is 20.5 Å². The highest BCUT2D eigenvalue weighted by molar-refractivity contribution is 5.62. The molecule has 0 radical (unpaired) electrons. The summed E-state index contributed by atoms with van der Waals surface area (Å²) >= 11 is 0. The number of nitrogen functional groups attached to an aromatic ring is 1. The number of hydrogen-bond acceptors (Lipinski definition) is 5. The van der Waals surface area contributed by atoms with Gasteiger partial charge in [0.15, 0.2) is 11.5 Å². The van der Waals surface area contributed by atoms with Crippen molar-refractivity contribution in [2.75, 3.05) is 46.2 Å². The summed E-state index contributed by atoms with van der Waals surface area (Å²) in [5, 5.41) is 0. The van der Waals surface area contributed by atoms with E-state index in [2.05, 4.69) is 4.90 Å². The van der Waals surface area contributed by atoms with Crippen molar-refractivity contribution in [3.05, 3.63) is 12.1 Å². The fourth-order valence-electron chi connectivity index (χ4n) is 1.77. The minimum Gasteiger partial charge on any atom is -0.491 e. The molecule has 1 aromatic rings. The number of benzene rings is 1. The molecule has 5 heteroatoms. The van der Waals surface area contributed by atoms with Crippen LogP contribution in [0.4, 0.5) is 5.69 Å². The van der Waals surface area contributed by atoms with Crippen molar-refractivity contribution in [2.24, 2.45) is 0 Å². The second kappa shape index (κ2) is 5.82. The van der Waals surface area contributed by atoms with E-state index in [1.807, 2.05) is 14.1 Å². The van der Waals surface area contributed by atoms with Crippen molar-refractivity contribution in [3.8, 4) is 17.2 Å². The molecule has 0 unspecified atom stereocenters. The smallest absolute Gasteiger partial charge is 0.165 e. The Kier molecular flexibility index (Phi) is 4.15. The molecule has 1 aliphatic heterocycles. The number of rotatable bonds is 5. The largest absolute Gasteiger partial charge is 0.491 e. The topological polar surface area (TPSA) is 57.0 Å². The third-order valence-corrected chi connectivity index (χ3v) is 2.68. The maximum atomic E-state index is 5.92. The number of nitrogens with zero attached hydrogens (tertiary/aromatic N) is 1. The molecule has 0 spiro atoms. The highest BCUT2D eigenvalue weighted by atomic mass is 16.6. The predicted molar refractivity (Wildman–Crippen MR) is 70.5 cm³/mol. The summed E-state index contributed by atoms with van der Waals surface area (Å²) in [5.74, 6) is 2.07. The van der Waals surface area contributed by atoms with E-state index in [-0.39, 0.29) is 0 Å². The number of fused-ring (bicyclic) bond motifs is 1. The van der Waals surface area contributed by atoms with Crippen molar-refractivity contribution in [1.82, 2.24) is 4.90 Å². The molecule has 0 aromatic heterocycles. The molecule has 0 fully saturated rings. The summed E-state index contributed by atoms with van der Waals surface area (Å²) in [6.45, 7) is 2.76. The third kappa shape index (κ3) is 3.20. The minimum absolute atomic E-state index is 0.565. The highest BCUT2D eigenvalue weighted by Crippen LogP contribution is 2.38. The SMILES string of the molecule is CN(C)CCCOc1cc2c(cc1N)OCCO2. The summed E-state index contributed by atoms with van der Waals surface area (Å²) in [6.07, 6.45) is 0.959. The molecule has 0 atom stereocenters. The van der Waals surface area contributed by atoms with Crippen LogP contribution in [0.2, 0.25) is 0 Å². The van der Waals surface area contributed by atoms with Crippen molar-refractivity contribution < 1.29 is 14.2 Å². The Balaban J connectivity index is 1.95. The zero-order valence-corrected chi connectivity index (χ0v) is 10.9. The number of hydrogen-bond donors (Lipinski definition) is 1. The lowest BCUT2D eigenvalue weighted by Crippen LogP contribution is -2.17. The molecule has 100 valence electrons. The minimum atomic E-state index is 0.565. The molecular formula is C13H20N2O3. The Morgan fingerprint density at radius 3 is 2.56 bits per heavy atom. The number of ether oxygens (including phenoxy) is 3. The van der Waals surface area contributed by atoms with Gasteiger partial charge >= 0.3 is 0 Å². The average molecular weight is 252 g/mol. The van der Waals surface area contributed by atoms with Crippen LogP contribution in [0.1, 0.15) is 6.42 Å². The third-order valence-electron chi connectivity index (χ3n) is 2.68. The summed E-state index contributed by atoms with van der Waals surface area (Å²) in [7, 11) is 4.08. The summed E-state index contributed by atoms with van der Waals surface area (Å²) in [4.78, 5) is 2.12. The lowest BCUT2D eigenvalue weighted by molar-refractivity contribution is 0.170. The summed E-state index contributed by atoms with van der Waals surface area (Å²) in [5.41, 5.74) is 6.50. The van der Waals surface area contributed by atoms with Crippen molar-refractivity contribution in [1.29, 1.82) is 0 Å². The lowest BCUT2D eigenvalue weighted by Gasteiger charge is -2.20. The van der Waals surface area contributed by atoms with Gasteiger partial charge in [0.2, 0.25) is 0 Å². The molecule has 1 aliphatic rings. The molecule has 0 bridgehead atoms. The van der Waals surface area contributed by atoms with E-state index in [9.17, 15) is 0 Å². The van der Waals surface area contributed by atoms with Crippen LogP contribution in [0.25, 0.3) is 0 Å². The molecule has 0 saturated carbocycles. The monoisotopic (exact) mass is 252 g/mol. The van der Waals surface area contributed by atoms with Crippen LogP contribution in [-0.2, 0) is 0 Å². The molecule has 2 rings (SSSR count). The van der Waals surface area contributed by atoms with Gasteiger partial charge in [0.1, 0.15) is 19.0 Å².